The van der Waals surface area contributed by atoms with Crippen LogP contribution in [0.2, 0.25) is 0 Å². The van der Waals surface area contributed by atoms with E-state index in [1.54, 1.807) is 6.07 Å². The second-order valence-electron chi connectivity index (χ2n) is 4.43. The Hall–Kier alpha value is -1.26. The molecule has 0 aromatic heterocycles. The van der Waals surface area contributed by atoms with Crippen LogP contribution in [0.25, 0.3) is 0 Å². The molecule has 0 bridgehead atoms. The minimum atomic E-state index is -0.415. The molecule has 4 nitrogen and oxygen atoms in total. The highest BCUT2D eigenvalue weighted by Gasteiger charge is 2.21. The fraction of sp³-hybridized carbons (Fsp3) is 0.500. The van der Waals surface area contributed by atoms with E-state index in [0.29, 0.717) is 12.2 Å². The fourth-order valence-electron chi connectivity index (χ4n) is 1.40. The molecule has 3 N–H and O–H groups in total. The number of phenolic OH excluding ortho intramolecular Hbond substituents is 1. The zero-order chi connectivity index (χ0) is 12.3. The Labute approximate surface area is 96.6 Å². The minimum absolute atomic E-state index is 0.148. The highest BCUT2D eigenvalue weighted by atomic mass is 16.5. The van der Waals surface area contributed by atoms with E-state index >= 15 is 0 Å². The van der Waals surface area contributed by atoms with Crippen LogP contribution in [-0.2, 0) is 6.42 Å². The summed E-state index contributed by atoms with van der Waals surface area (Å²) in [5.41, 5.74) is 6.76. The molecule has 0 amide bonds. The predicted octanol–water partition coefficient (Wildman–Crippen LogP) is 1.18. The molecule has 0 saturated heterocycles. The van der Waals surface area contributed by atoms with Crippen LogP contribution in [0.5, 0.6) is 11.5 Å². The standard InChI is InChI=1S/C12H20N2O2/c1-12(13,14(2)3)8-9-5-6-10(15)11(7-9)16-4/h5-7,15H,8,13H2,1-4H3. The number of hydrogen-bond acceptors (Lipinski definition) is 4. The number of phenols is 1. The first-order chi connectivity index (χ1) is 7.36. The summed E-state index contributed by atoms with van der Waals surface area (Å²) in [5.74, 6) is 0.627. The van der Waals surface area contributed by atoms with Gasteiger partial charge in [-0.15, -0.1) is 0 Å². The Morgan fingerprint density at radius 1 is 1.44 bits per heavy atom. The van der Waals surface area contributed by atoms with Gasteiger partial charge in [0.25, 0.3) is 0 Å². The van der Waals surface area contributed by atoms with Gasteiger partial charge in [-0.3, -0.25) is 4.90 Å². The molecule has 0 aliphatic rings. The van der Waals surface area contributed by atoms with Crippen LogP contribution >= 0.6 is 0 Å². The van der Waals surface area contributed by atoms with E-state index in [-0.39, 0.29) is 5.75 Å². The largest absolute Gasteiger partial charge is 0.504 e. The van der Waals surface area contributed by atoms with Crippen LogP contribution in [0, 0.1) is 0 Å². The molecule has 0 saturated carbocycles. The summed E-state index contributed by atoms with van der Waals surface area (Å²) in [6, 6.07) is 5.29. The van der Waals surface area contributed by atoms with Gasteiger partial charge in [0.2, 0.25) is 0 Å². The van der Waals surface area contributed by atoms with Crippen LogP contribution < -0.4 is 10.5 Å². The van der Waals surface area contributed by atoms with E-state index in [1.165, 1.54) is 7.11 Å². The maximum atomic E-state index is 9.48. The molecular weight excluding hydrogens is 204 g/mol. The molecule has 0 radical (unpaired) electrons. The summed E-state index contributed by atoms with van der Waals surface area (Å²) in [7, 11) is 5.42. The molecule has 1 rings (SSSR count). The van der Waals surface area contributed by atoms with Crippen LogP contribution in [0.3, 0.4) is 0 Å². The van der Waals surface area contributed by atoms with Gasteiger partial charge in [-0.1, -0.05) is 6.07 Å². The van der Waals surface area contributed by atoms with Gasteiger partial charge < -0.3 is 15.6 Å². The van der Waals surface area contributed by atoms with Crippen LogP contribution in [0.1, 0.15) is 12.5 Å². The van der Waals surface area contributed by atoms with Crippen molar-refractivity contribution in [1.82, 2.24) is 4.90 Å². The van der Waals surface area contributed by atoms with Crippen molar-refractivity contribution in [2.75, 3.05) is 21.2 Å². The van der Waals surface area contributed by atoms with Gasteiger partial charge in [0.15, 0.2) is 11.5 Å². The number of nitrogens with zero attached hydrogens (tertiary/aromatic N) is 1. The van der Waals surface area contributed by atoms with Crippen molar-refractivity contribution in [3.05, 3.63) is 23.8 Å². The number of methoxy groups -OCH3 is 1. The van der Waals surface area contributed by atoms with Crippen molar-refractivity contribution in [3.8, 4) is 11.5 Å². The first-order valence-corrected chi connectivity index (χ1v) is 5.19. The lowest BCUT2D eigenvalue weighted by molar-refractivity contribution is 0.180. The smallest absolute Gasteiger partial charge is 0.160 e. The van der Waals surface area contributed by atoms with Gasteiger partial charge in [-0.05, 0) is 38.7 Å². The SMILES string of the molecule is COc1cc(CC(C)(N)N(C)C)ccc1O. The lowest BCUT2D eigenvalue weighted by atomic mass is 10.0. The lowest BCUT2D eigenvalue weighted by Gasteiger charge is -2.32. The zero-order valence-corrected chi connectivity index (χ0v) is 10.3. The number of nitrogens with two attached hydrogens (primary N) is 1. The average molecular weight is 224 g/mol. The topological polar surface area (TPSA) is 58.7 Å². The second-order valence-corrected chi connectivity index (χ2v) is 4.43. The number of ether oxygens (including phenoxy) is 1. The molecular formula is C12H20N2O2. The van der Waals surface area contributed by atoms with Gasteiger partial charge in [0.1, 0.15) is 0 Å². The Morgan fingerprint density at radius 2 is 2.06 bits per heavy atom. The molecule has 0 spiro atoms. The molecule has 0 aliphatic heterocycles. The van der Waals surface area contributed by atoms with Gasteiger partial charge in [-0.2, -0.15) is 0 Å². The average Bonchev–Trinajstić information content (AvgIpc) is 2.20. The summed E-state index contributed by atoms with van der Waals surface area (Å²) in [6.07, 6.45) is 0.691. The van der Waals surface area contributed by atoms with Crippen molar-refractivity contribution >= 4 is 0 Å². The maximum absolute atomic E-state index is 9.48. The van der Waals surface area contributed by atoms with E-state index in [9.17, 15) is 5.11 Å². The fourth-order valence-corrected chi connectivity index (χ4v) is 1.40. The highest BCUT2D eigenvalue weighted by molar-refractivity contribution is 5.42. The predicted molar refractivity (Wildman–Crippen MR) is 64.6 cm³/mol. The zero-order valence-electron chi connectivity index (χ0n) is 10.3. The van der Waals surface area contributed by atoms with Gasteiger partial charge in [-0.25, -0.2) is 0 Å². The van der Waals surface area contributed by atoms with Crippen LogP contribution in [0.4, 0.5) is 0 Å². The van der Waals surface area contributed by atoms with Gasteiger partial charge in [0, 0.05) is 6.42 Å². The molecule has 1 unspecified atom stereocenters. The monoisotopic (exact) mass is 224 g/mol. The molecule has 1 aromatic rings. The third kappa shape index (κ3) is 2.87. The first-order valence-electron chi connectivity index (χ1n) is 5.19. The molecule has 4 heteroatoms. The van der Waals surface area contributed by atoms with Crippen molar-refractivity contribution in [2.45, 2.75) is 19.0 Å². The Balaban J connectivity index is 2.90. The minimum Gasteiger partial charge on any atom is -0.504 e. The second kappa shape index (κ2) is 4.72. The van der Waals surface area contributed by atoms with Crippen molar-refractivity contribution in [1.29, 1.82) is 0 Å². The molecule has 0 aliphatic carbocycles. The summed E-state index contributed by atoms with van der Waals surface area (Å²) in [4.78, 5) is 1.96. The molecule has 1 atom stereocenters. The summed E-state index contributed by atoms with van der Waals surface area (Å²) >= 11 is 0. The van der Waals surface area contributed by atoms with E-state index in [2.05, 4.69) is 0 Å². The van der Waals surface area contributed by atoms with Gasteiger partial charge in [0.05, 0.1) is 12.8 Å². The normalized spacial score (nSPS) is 14.9. The first kappa shape index (κ1) is 12.8. The van der Waals surface area contributed by atoms with E-state index in [1.807, 2.05) is 38.1 Å². The number of likely N-dealkylation sites (N-methyl/N-ethyl adjacent to an activating group) is 1. The van der Waals surface area contributed by atoms with Crippen LogP contribution in [0.15, 0.2) is 18.2 Å². The Bertz CT molecular complexity index is 362. The third-order valence-electron chi connectivity index (χ3n) is 2.83. The van der Waals surface area contributed by atoms with Crippen molar-refractivity contribution in [3.63, 3.8) is 0 Å². The maximum Gasteiger partial charge on any atom is 0.160 e. The quantitative estimate of drug-likeness (QED) is 0.754. The molecule has 16 heavy (non-hydrogen) atoms. The van der Waals surface area contributed by atoms with E-state index < -0.39 is 5.66 Å². The Morgan fingerprint density at radius 3 is 2.56 bits per heavy atom. The number of hydrogen-bond donors (Lipinski definition) is 2. The van der Waals surface area contributed by atoms with Crippen LogP contribution in [-0.4, -0.2) is 36.9 Å². The highest BCUT2D eigenvalue weighted by Crippen LogP contribution is 2.27. The van der Waals surface area contributed by atoms with Crippen molar-refractivity contribution < 1.29 is 9.84 Å². The van der Waals surface area contributed by atoms with E-state index in [4.69, 9.17) is 10.5 Å². The van der Waals surface area contributed by atoms with Gasteiger partial charge >= 0.3 is 0 Å². The summed E-state index contributed by atoms with van der Waals surface area (Å²) < 4.78 is 5.06. The third-order valence-corrected chi connectivity index (χ3v) is 2.83. The molecule has 90 valence electrons. The van der Waals surface area contributed by atoms with Crippen molar-refractivity contribution in [2.24, 2.45) is 5.73 Å². The Kier molecular flexibility index (Phi) is 3.78. The lowest BCUT2D eigenvalue weighted by Crippen LogP contribution is -2.51. The number of rotatable bonds is 4. The van der Waals surface area contributed by atoms with E-state index in [0.717, 1.165) is 5.56 Å². The number of aromatic hydroxyl groups is 1. The molecule has 1 aromatic carbocycles. The number of benzene rings is 1. The molecule has 0 fully saturated rings. The summed E-state index contributed by atoms with van der Waals surface area (Å²) in [5, 5.41) is 9.48. The summed E-state index contributed by atoms with van der Waals surface area (Å²) in [6.45, 7) is 1.96. The molecule has 0 heterocycles.